The molecule has 0 bridgehead atoms. The van der Waals surface area contributed by atoms with Gasteiger partial charge in [0.25, 0.3) is 10.0 Å². The van der Waals surface area contributed by atoms with Gasteiger partial charge in [-0.25, -0.2) is 18.4 Å². The summed E-state index contributed by atoms with van der Waals surface area (Å²) in [5.74, 6) is 1.22. The number of sulfonamides is 1. The number of carbonyl (C=O) groups is 1. The Kier molecular flexibility index (Phi) is 5.22. The molecule has 1 fully saturated rings. The van der Waals surface area contributed by atoms with Gasteiger partial charge in [0, 0.05) is 18.7 Å². The molecule has 7 nitrogen and oxygen atoms in total. The first-order chi connectivity index (χ1) is 12.3. The Hall–Kier alpha value is -2.48. The molecule has 0 aliphatic carbocycles. The molecule has 1 N–H and O–H groups in total. The number of rotatable bonds is 5. The first-order valence-electron chi connectivity index (χ1n) is 8.56. The Balaban J connectivity index is 1.70. The summed E-state index contributed by atoms with van der Waals surface area (Å²) in [5, 5.41) is 0. The minimum atomic E-state index is -3.76. The molecule has 1 aromatic carbocycles. The monoisotopic (exact) mass is 374 g/mol. The summed E-state index contributed by atoms with van der Waals surface area (Å²) in [5.41, 5.74) is 0.766. The van der Waals surface area contributed by atoms with Crippen LogP contribution in [0, 0.1) is 5.92 Å². The highest BCUT2D eigenvalue weighted by atomic mass is 32.2. The van der Waals surface area contributed by atoms with Gasteiger partial charge >= 0.3 is 0 Å². The third kappa shape index (κ3) is 4.19. The van der Waals surface area contributed by atoms with Gasteiger partial charge in [-0.05, 0) is 37.8 Å². The van der Waals surface area contributed by atoms with Gasteiger partial charge in [0.1, 0.15) is 0 Å². The maximum absolute atomic E-state index is 12.4. The van der Waals surface area contributed by atoms with E-state index in [0.717, 1.165) is 25.9 Å². The van der Waals surface area contributed by atoms with Crippen molar-refractivity contribution < 1.29 is 13.2 Å². The average Bonchev–Trinajstić information content (AvgIpc) is 2.63. The van der Waals surface area contributed by atoms with Crippen molar-refractivity contribution in [3.8, 4) is 0 Å². The fourth-order valence-electron chi connectivity index (χ4n) is 2.83. The van der Waals surface area contributed by atoms with E-state index >= 15 is 0 Å². The Morgan fingerprint density at radius 2 is 1.69 bits per heavy atom. The molecule has 1 aliphatic heterocycles. The predicted molar refractivity (Wildman–Crippen MR) is 99.9 cm³/mol. The minimum Gasteiger partial charge on any atom is -0.341 e. The predicted octanol–water partition coefficient (Wildman–Crippen LogP) is 2.72. The topological polar surface area (TPSA) is 92.3 Å². The highest BCUT2D eigenvalue weighted by molar-refractivity contribution is 7.92. The number of Topliss-reactive ketones (excluding diaryl/α,β-unsaturated/α-hetero) is 1. The number of carbonyl (C=O) groups excluding carboxylic acids is 1. The molecule has 1 aromatic heterocycles. The molecule has 0 atom stereocenters. The molecular formula is C18H22N4O3S. The first kappa shape index (κ1) is 18.3. The van der Waals surface area contributed by atoms with Crippen molar-refractivity contribution in [2.75, 3.05) is 22.7 Å². The van der Waals surface area contributed by atoms with E-state index < -0.39 is 10.0 Å². The lowest BCUT2D eigenvalue weighted by molar-refractivity contribution is 0.101. The second kappa shape index (κ2) is 7.41. The number of nitrogens with zero attached hydrogens (tertiary/aromatic N) is 3. The Morgan fingerprint density at radius 3 is 2.23 bits per heavy atom. The second-order valence-corrected chi connectivity index (χ2v) is 8.31. The van der Waals surface area contributed by atoms with Crippen molar-refractivity contribution in [1.82, 2.24) is 9.97 Å². The fourth-order valence-corrected chi connectivity index (χ4v) is 3.86. The molecule has 0 unspecified atom stereocenters. The quantitative estimate of drug-likeness (QED) is 0.809. The number of ketones is 1. The van der Waals surface area contributed by atoms with Gasteiger partial charge < -0.3 is 4.90 Å². The number of benzene rings is 1. The van der Waals surface area contributed by atoms with Crippen LogP contribution >= 0.6 is 0 Å². The summed E-state index contributed by atoms with van der Waals surface area (Å²) in [7, 11) is -3.76. The lowest BCUT2D eigenvalue weighted by atomic mass is 10.00. The largest absolute Gasteiger partial charge is 0.341 e. The van der Waals surface area contributed by atoms with Crippen LogP contribution in [0.4, 0.5) is 11.6 Å². The van der Waals surface area contributed by atoms with E-state index in [1.807, 2.05) is 0 Å². The first-order valence-corrected chi connectivity index (χ1v) is 10.0. The van der Waals surface area contributed by atoms with Gasteiger partial charge in [0.05, 0.1) is 23.0 Å². The van der Waals surface area contributed by atoms with E-state index in [1.165, 1.54) is 43.6 Å². The zero-order chi connectivity index (χ0) is 18.7. The third-order valence-corrected chi connectivity index (χ3v) is 5.93. The molecule has 2 heterocycles. The Labute approximate surface area is 153 Å². The van der Waals surface area contributed by atoms with Crippen LogP contribution in [0.5, 0.6) is 0 Å². The number of hydrogen-bond donors (Lipinski definition) is 1. The van der Waals surface area contributed by atoms with Crippen molar-refractivity contribution in [1.29, 1.82) is 0 Å². The highest BCUT2D eigenvalue weighted by Gasteiger charge is 2.19. The highest BCUT2D eigenvalue weighted by Crippen LogP contribution is 2.21. The van der Waals surface area contributed by atoms with Crippen LogP contribution in [0.15, 0.2) is 41.6 Å². The van der Waals surface area contributed by atoms with Gasteiger partial charge in [-0.1, -0.05) is 19.1 Å². The van der Waals surface area contributed by atoms with E-state index in [9.17, 15) is 13.2 Å². The Morgan fingerprint density at radius 1 is 1.12 bits per heavy atom. The summed E-state index contributed by atoms with van der Waals surface area (Å²) in [6, 6.07) is 5.80. The van der Waals surface area contributed by atoms with Crippen molar-refractivity contribution in [3.63, 3.8) is 0 Å². The number of aromatic nitrogens is 2. The lowest BCUT2D eigenvalue weighted by Gasteiger charge is -2.30. The van der Waals surface area contributed by atoms with E-state index in [1.54, 1.807) is 0 Å². The average molecular weight is 374 g/mol. The molecule has 26 heavy (non-hydrogen) atoms. The van der Waals surface area contributed by atoms with E-state index in [-0.39, 0.29) is 10.7 Å². The van der Waals surface area contributed by atoms with Gasteiger partial charge in [0.2, 0.25) is 5.95 Å². The van der Waals surface area contributed by atoms with Gasteiger partial charge in [0.15, 0.2) is 5.78 Å². The molecule has 0 amide bonds. The van der Waals surface area contributed by atoms with Gasteiger partial charge in [-0.2, -0.15) is 0 Å². The lowest BCUT2D eigenvalue weighted by Crippen LogP contribution is -2.34. The summed E-state index contributed by atoms with van der Waals surface area (Å²) in [6.07, 6.45) is 5.16. The van der Waals surface area contributed by atoms with Crippen LogP contribution in [0.25, 0.3) is 0 Å². The second-order valence-electron chi connectivity index (χ2n) is 6.63. The number of piperidine rings is 1. The maximum Gasteiger partial charge on any atom is 0.261 e. The zero-order valence-electron chi connectivity index (χ0n) is 14.8. The Bertz CT molecular complexity index is 872. The van der Waals surface area contributed by atoms with Crippen molar-refractivity contribution in [2.24, 2.45) is 5.92 Å². The zero-order valence-corrected chi connectivity index (χ0v) is 15.7. The number of hydrogen-bond acceptors (Lipinski definition) is 6. The standard InChI is InChI=1S/C18H22N4O3S/c1-13-7-9-22(10-8-13)18-19-11-16(12-20-18)21-26(24,25)17-5-3-15(4-6-17)14(2)23/h3-6,11-13,21H,7-10H2,1-2H3. The maximum atomic E-state index is 12.4. The van der Waals surface area contributed by atoms with Crippen molar-refractivity contribution in [2.45, 2.75) is 31.6 Å². The molecular weight excluding hydrogens is 352 g/mol. The molecule has 0 spiro atoms. The van der Waals surface area contributed by atoms with Gasteiger partial charge in [-0.15, -0.1) is 0 Å². The SMILES string of the molecule is CC(=O)c1ccc(S(=O)(=O)Nc2cnc(N3CCC(C)CC3)nc2)cc1. The van der Waals surface area contributed by atoms with E-state index in [2.05, 4.69) is 26.5 Å². The summed E-state index contributed by atoms with van der Waals surface area (Å²) >= 11 is 0. The van der Waals surface area contributed by atoms with Crippen LogP contribution < -0.4 is 9.62 Å². The summed E-state index contributed by atoms with van der Waals surface area (Å²) < 4.78 is 27.4. The molecule has 8 heteroatoms. The van der Waals surface area contributed by atoms with Crippen LogP contribution in [0.2, 0.25) is 0 Å². The van der Waals surface area contributed by atoms with E-state index in [0.29, 0.717) is 23.1 Å². The van der Waals surface area contributed by atoms with Crippen molar-refractivity contribution in [3.05, 3.63) is 42.2 Å². The molecule has 2 aromatic rings. The number of anilines is 2. The molecule has 1 aliphatic rings. The normalized spacial score (nSPS) is 15.7. The molecule has 1 saturated heterocycles. The molecule has 0 radical (unpaired) electrons. The number of nitrogens with one attached hydrogen (secondary N) is 1. The minimum absolute atomic E-state index is 0.0802. The summed E-state index contributed by atoms with van der Waals surface area (Å²) in [4.78, 5) is 22.1. The molecule has 138 valence electrons. The van der Waals surface area contributed by atoms with Crippen molar-refractivity contribution >= 4 is 27.4 Å². The van der Waals surface area contributed by atoms with Crippen LogP contribution in [0.3, 0.4) is 0 Å². The van der Waals surface area contributed by atoms with Gasteiger partial charge in [-0.3, -0.25) is 9.52 Å². The fraction of sp³-hybridized carbons (Fsp3) is 0.389. The molecule has 3 rings (SSSR count). The molecule has 0 saturated carbocycles. The van der Waals surface area contributed by atoms with Crippen LogP contribution in [0.1, 0.15) is 37.0 Å². The van der Waals surface area contributed by atoms with Crippen LogP contribution in [-0.4, -0.2) is 37.3 Å². The smallest absolute Gasteiger partial charge is 0.261 e. The third-order valence-electron chi connectivity index (χ3n) is 4.53. The van der Waals surface area contributed by atoms with E-state index in [4.69, 9.17) is 0 Å². The van der Waals surface area contributed by atoms with Crippen LogP contribution in [-0.2, 0) is 10.0 Å². The summed E-state index contributed by atoms with van der Waals surface area (Å²) in [6.45, 7) is 5.49.